The van der Waals surface area contributed by atoms with Crippen molar-refractivity contribution in [3.63, 3.8) is 0 Å². The van der Waals surface area contributed by atoms with Gasteiger partial charge in [0.25, 0.3) is 5.91 Å². The molecule has 0 unspecified atom stereocenters. The lowest BCUT2D eigenvalue weighted by atomic mass is 10.2. The van der Waals surface area contributed by atoms with Crippen LogP contribution in [0.1, 0.15) is 18.5 Å². The molecule has 0 aliphatic rings. The Morgan fingerprint density at radius 3 is 3.14 bits per heavy atom. The number of carbonyl (C=O) groups excluding carboxylic acids is 1. The van der Waals surface area contributed by atoms with E-state index in [0.717, 1.165) is 5.82 Å². The first-order valence-corrected chi connectivity index (χ1v) is 7.14. The highest BCUT2D eigenvalue weighted by Crippen LogP contribution is 2.07. The number of carbonyl (C=O) groups is 1. The highest BCUT2D eigenvalue weighted by Gasteiger charge is 2.10. The van der Waals surface area contributed by atoms with Crippen molar-refractivity contribution in [2.24, 2.45) is 0 Å². The third-order valence-corrected chi connectivity index (χ3v) is 3.29. The van der Waals surface area contributed by atoms with Crippen LogP contribution in [-0.2, 0) is 17.8 Å². The van der Waals surface area contributed by atoms with Gasteiger partial charge in [0.05, 0.1) is 6.26 Å². The molecule has 2 N–H and O–H groups in total. The van der Waals surface area contributed by atoms with E-state index in [9.17, 15) is 4.79 Å². The topological polar surface area (TPSA) is 99.6 Å². The molecule has 0 radical (unpaired) electrons. The van der Waals surface area contributed by atoms with E-state index in [0.29, 0.717) is 30.0 Å². The smallest absolute Gasteiger partial charge is 0.262 e. The van der Waals surface area contributed by atoms with E-state index in [1.807, 2.05) is 17.6 Å². The maximum atomic E-state index is 12.0. The number of nitriles is 1. The second kappa shape index (κ2) is 7.38. The van der Waals surface area contributed by atoms with Crippen LogP contribution in [-0.4, -0.2) is 27.2 Å². The fourth-order valence-corrected chi connectivity index (χ4v) is 2.19. The van der Waals surface area contributed by atoms with Crippen molar-refractivity contribution >= 4 is 24.2 Å². The average Bonchev–Trinajstić information content (AvgIpc) is 3.14. The number of H-pyrrole nitrogens is 1. The fourth-order valence-electron chi connectivity index (χ4n) is 1.91. The van der Waals surface area contributed by atoms with E-state index in [4.69, 9.17) is 21.9 Å². The lowest BCUT2D eigenvalue weighted by Gasteiger charge is -2.05. The van der Waals surface area contributed by atoms with Crippen LogP contribution in [0.2, 0.25) is 0 Å². The highest BCUT2D eigenvalue weighted by atomic mass is 32.1. The first-order chi connectivity index (χ1) is 10.7. The van der Waals surface area contributed by atoms with Crippen LogP contribution < -0.4 is 5.32 Å². The molecule has 0 fully saturated rings. The molecule has 0 saturated carbocycles. The molecule has 114 valence electrons. The van der Waals surface area contributed by atoms with E-state index in [-0.39, 0.29) is 5.57 Å². The summed E-state index contributed by atoms with van der Waals surface area (Å²) in [6.07, 6.45) is 3.40. The Bertz CT molecular complexity index is 764. The Hall–Kier alpha value is -2.66. The normalized spacial score (nSPS) is 11.2. The van der Waals surface area contributed by atoms with Crippen LogP contribution in [0, 0.1) is 16.1 Å². The number of nitrogens with zero attached hydrogens (tertiary/aromatic N) is 3. The van der Waals surface area contributed by atoms with Gasteiger partial charge < -0.3 is 14.3 Å². The number of aromatic amines is 1. The van der Waals surface area contributed by atoms with Gasteiger partial charge in [0.1, 0.15) is 23.2 Å². The summed E-state index contributed by atoms with van der Waals surface area (Å²) in [6.45, 7) is 3.03. The molecule has 0 aliphatic carbocycles. The van der Waals surface area contributed by atoms with Gasteiger partial charge in [-0.3, -0.25) is 9.89 Å². The number of hydrogen-bond acceptors (Lipinski definition) is 5. The third-order valence-electron chi connectivity index (χ3n) is 2.98. The number of hydrogen-bond donors (Lipinski definition) is 2. The maximum absolute atomic E-state index is 12.0. The number of nitrogens with one attached hydrogen (secondary N) is 2. The first-order valence-electron chi connectivity index (χ1n) is 6.73. The molecule has 0 spiro atoms. The summed E-state index contributed by atoms with van der Waals surface area (Å²) in [5.41, 5.74) is -0.00990. The van der Waals surface area contributed by atoms with Gasteiger partial charge in [-0.2, -0.15) is 10.4 Å². The first kappa shape index (κ1) is 15.7. The molecule has 2 aromatic heterocycles. The third kappa shape index (κ3) is 3.71. The zero-order chi connectivity index (χ0) is 15.9. The van der Waals surface area contributed by atoms with E-state index in [1.54, 1.807) is 12.1 Å². The summed E-state index contributed by atoms with van der Waals surface area (Å²) in [5.74, 6) is 0.774. The van der Waals surface area contributed by atoms with E-state index in [2.05, 4.69) is 15.5 Å². The molecule has 0 aromatic carbocycles. The Labute approximate surface area is 132 Å². The molecule has 2 heterocycles. The predicted octanol–water partition coefficient (Wildman–Crippen LogP) is 1.82. The monoisotopic (exact) mass is 317 g/mol. The molecule has 1 amide bonds. The molecule has 0 atom stereocenters. The Kier molecular flexibility index (Phi) is 5.27. The number of amides is 1. The summed E-state index contributed by atoms with van der Waals surface area (Å²) < 4.78 is 7.49. The molecule has 2 aromatic rings. The van der Waals surface area contributed by atoms with Crippen LogP contribution in [0.15, 0.2) is 28.4 Å². The van der Waals surface area contributed by atoms with Crippen molar-refractivity contribution in [3.05, 3.63) is 40.3 Å². The van der Waals surface area contributed by atoms with Gasteiger partial charge in [-0.05, 0) is 31.3 Å². The van der Waals surface area contributed by atoms with Crippen LogP contribution in [0.4, 0.5) is 0 Å². The Balaban J connectivity index is 1.95. The van der Waals surface area contributed by atoms with Gasteiger partial charge in [0.15, 0.2) is 4.77 Å². The standard InChI is InChI=1S/C14H15N5O2S/c1-2-19-12(17-18-14(19)22)5-6-16-13(20)10(9-15)8-11-4-3-7-21-11/h3-4,7-8H,2,5-6H2,1H3,(H,16,20)(H,18,22)/b10-8+. The molecule has 0 bridgehead atoms. The van der Waals surface area contributed by atoms with E-state index >= 15 is 0 Å². The molecule has 0 saturated heterocycles. The van der Waals surface area contributed by atoms with Crippen molar-refractivity contribution in [1.29, 1.82) is 5.26 Å². The molecule has 22 heavy (non-hydrogen) atoms. The second-order valence-electron chi connectivity index (χ2n) is 4.38. The van der Waals surface area contributed by atoms with Crippen molar-refractivity contribution < 1.29 is 9.21 Å². The molecule has 7 nitrogen and oxygen atoms in total. The number of furan rings is 1. The van der Waals surface area contributed by atoms with Gasteiger partial charge in [-0.1, -0.05) is 0 Å². The summed E-state index contributed by atoms with van der Waals surface area (Å²) in [5, 5.41) is 18.5. The van der Waals surface area contributed by atoms with Gasteiger partial charge in [0.2, 0.25) is 0 Å². The molecular formula is C14H15N5O2S. The van der Waals surface area contributed by atoms with Gasteiger partial charge in [-0.25, -0.2) is 0 Å². The van der Waals surface area contributed by atoms with Crippen LogP contribution in [0.3, 0.4) is 0 Å². The summed E-state index contributed by atoms with van der Waals surface area (Å²) in [4.78, 5) is 12.0. The fraction of sp³-hybridized carbons (Fsp3) is 0.286. The molecular weight excluding hydrogens is 302 g/mol. The molecule has 8 heteroatoms. The van der Waals surface area contributed by atoms with E-state index < -0.39 is 5.91 Å². The van der Waals surface area contributed by atoms with Gasteiger partial charge in [-0.15, -0.1) is 0 Å². The number of aromatic nitrogens is 3. The van der Waals surface area contributed by atoms with Crippen LogP contribution in [0.5, 0.6) is 0 Å². The summed E-state index contributed by atoms with van der Waals surface area (Å²) in [6, 6.07) is 5.22. The lowest BCUT2D eigenvalue weighted by Crippen LogP contribution is -2.27. The predicted molar refractivity (Wildman–Crippen MR) is 82.1 cm³/mol. The van der Waals surface area contributed by atoms with Crippen molar-refractivity contribution in [2.45, 2.75) is 19.9 Å². The minimum Gasteiger partial charge on any atom is -0.465 e. The Morgan fingerprint density at radius 2 is 2.50 bits per heavy atom. The molecule has 0 aliphatic heterocycles. The molecule has 2 rings (SSSR count). The number of rotatable bonds is 6. The van der Waals surface area contributed by atoms with Gasteiger partial charge >= 0.3 is 0 Å². The zero-order valence-electron chi connectivity index (χ0n) is 12.0. The SMILES string of the molecule is CCn1c(CCNC(=O)/C(C#N)=C/c2ccco2)n[nH]c1=S. The highest BCUT2D eigenvalue weighted by molar-refractivity contribution is 7.71. The van der Waals surface area contributed by atoms with Crippen LogP contribution in [0.25, 0.3) is 6.08 Å². The van der Waals surface area contributed by atoms with E-state index in [1.165, 1.54) is 12.3 Å². The minimum absolute atomic E-state index is 0.00990. The van der Waals surface area contributed by atoms with Gasteiger partial charge in [0, 0.05) is 25.6 Å². The summed E-state index contributed by atoms with van der Waals surface area (Å²) >= 11 is 5.09. The maximum Gasteiger partial charge on any atom is 0.262 e. The average molecular weight is 317 g/mol. The summed E-state index contributed by atoms with van der Waals surface area (Å²) in [7, 11) is 0. The largest absolute Gasteiger partial charge is 0.465 e. The van der Waals surface area contributed by atoms with Crippen LogP contribution >= 0.6 is 12.2 Å². The Morgan fingerprint density at radius 1 is 1.68 bits per heavy atom. The quantitative estimate of drug-likeness (QED) is 0.481. The van der Waals surface area contributed by atoms with Crippen molar-refractivity contribution in [2.75, 3.05) is 6.54 Å². The van der Waals surface area contributed by atoms with Crippen molar-refractivity contribution in [3.8, 4) is 6.07 Å². The second-order valence-corrected chi connectivity index (χ2v) is 4.77. The minimum atomic E-state index is -0.448. The van der Waals surface area contributed by atoms with Crippen molar-refractivity contribution in [1.82, 2.24) is 20.1 Å². The lowest BCUT2D eigenvalue weighted by molar-refractivity contribution is -0.117. The zero-order valence-corrected chi connectivity index (χ0v) is 12.8.